The van der Waals surface area contributed by atoms with Gasteiger partial charge in [0, 0.05) is 0 Å². The molecular weight excluding hydrogens is 216 g/mol. The normalized spacial score (nSPS) is 13.8. The van der Waals surface area contributed by atoms with Crippen LogP contribution in [0.15, 0.2) is 73.3 Å². The average molecular weight is 236 g/mol. The van der Waals surface area contributed by atoms with E-state index in [2.05, 4.69) is 74.2 Å². The number of benzene rings is 2. The Morgan fingerprint density at radius 1 is 0.944 bits per heavy atom. The van der Waals surface area contributed by atoms with E-state index in [4.69, 9.17) is 0 Å². The van der Waals surface area contributed by atoms with Gasteiger partial charge in [-0.05, 0) is 29.4 Å². The van der Waals surface area contributed by atoms with E-state index in [0.29, 0.717) is 0 Å². The fourth-order valence-corrected chi connectivity index (χ4v) is 2.50. The molecule has 0 radical (unpaired) electrons. The van der Waals surface area contributed by atoms with E-state index in [1.165, 1.54) is 11.1 Å². The van der Waals surface area contributed by atoms with Gasteiger partial charge in [0.25, 0.3) is 0 Å². The molecule has 0 N–H and O–H groups in total. The van der Waals surface area contributed by atoms with Crippen LogP contribution in [0.5, 0.6) is 0 Å². The summed E-state index contributed by atoms with van der Waals surface area (Å²) in [6.07, 6.45) is 4.06. The van der Waals surface area contributed by atoms with Crippen molar-refractivity contribution in [3.05, 3.63) is 84.4 Å². The van der Waals surface area contributed by atoms with Crippen LogP contribution in [-0.4, -0.2) is 0 Å². The molecule has 0 spiro atoms. The maximum atomic E-state index is 3.91. The van der Waals surface area contributed by atoms with Crippen molar-refractivity contribution in [2.24, 2.45) is 0 Å². The molecule has 1 atom stereocenters. The second-order valence-electron chi connectivity index (χ2n) is 5.08. The predicted molar refractivity (Wildman–Crippen MR) is 78.8 cm³/mol. The Labute approximate surface area is 110 Å². The minimum absolute atomic E-state index is 0.129. The lowest BCUT2D eigenvalue weighted by atomic mass is 9.75. The lowest BCUT2D eigenvalue weighted by molar-refractivity contribution is 0.475. The number of hydrogen-bond donors (Lipinski definition) is 0. The smallest absolute Gasteiger partial charge is 0.0000610 e. The Bertz CT molecular complexity index is 484. The largest absolute Gasteiger partial charge is 0.103 e. The summed E-state index contributed by atoms with van der Waals surface area (Å²) in [5.74, 6) is 0. The zero-order valence-electron chi connectivity index (χ0n) is 11.0. The molecule has 1 unspecified atom stereocenters. The molecular formula is C18H20. The van der Waals surface area contributed by atoms with Crippen LogP contribution >= 0.6 is 0 Å². The quantitative estimate of drug-likeness (QED) is 0.656. The molecule has 18 heavy (non-hydrogen) atoms. The minimum atomic E-state index is 0.129. The number of hydrogen-bond acceptors (Lipinski definition) is 0. The Hall–Kier alpha value is -1.82. The Kier molecular flexibility index (Phi) is 3.99. The molecule has 0 heterocycles. The van der Waals surface area contributed by atoms with Gasteiger partial charge in [0.1, 0.15) is 0 Å². The average Bonchev–Trinajstić information content (AvgIpc) is 2.41. The first kappa shape index (κ1) is 12.6. The molecule has 0 aliphatic rings. The van der Waals surface area contributed by atoms with Crippen molar-refractivity contribution in [1.29, 1.82) is 0 Å². The topological polar surface area (TPSA) is 0 Å². The zero-order valence-corrected chi connectivity index (χ0v) is 11.0. The summed E-state index contributed by atoms with van der Waals surface area (Å²) < 4.78 is 0. The van der Waals surface area contributed by atoms with Crippen LogP contribution in [0.2, 0.25) is 0 Å². The fourth-order valence-electron chi connectivity index (χ4n) is 2.50. The van der Waals surface area contributed by atoms with Crippen LogP contribution in [0.3, 0.4) is 0 Å². The van der Waals surface area contributed by atoms with Crippen LogP contribution in [0.25, 0.3) is 0 Å². The van der Waals surface area contributed by atoms with E-state index >= 15 is 0 Å². The van der Waals surface area contributed by atoms with E-state index < -0.39 is 0 Å². The Morgan fingerprint density at radius 2 is 1.50 bits per heavy atom. The number of allylic oxidation sites excluding steroid dienone is 1. The standard InChI is InChI=1S/C18H20/c1-3-14-18(2,17-12-8-5-9-13-17)15-16-10-6-4-7-11-16/h3-13H,1,14-15H2,2H3. The molecule has 2 rings (SSSR count). The van der Waals surface area contributed by atoms with Gasteiger partial charge in [-0.25, -0.2) is 0 Å². The summed E-state index contributed by atoms with van der Waals surface area (Å²) in [5.41, 5.74) is 2.89. The van der Waals surface area contributed by atoms with Gasteiger partial charge in [-0.3, -0.25) is 0 Å². The van der Waals surface area contributed by atoms with Gasteiger partial charge >= 0.3 is 0 Å². The molecule has 0 bridgehead atoms. The molecule has 2 aromatic carbocycles. The van der Waals surface area contributed by atoms with Crippen molar-refractivity contribution in [1.82, 2.24) is 0 Å². The molecule has 0 fully saturated rings. The lowest BCUT2D eigenvalue weighted by Gasteiger charge is -2.29. The maximum Gasteiger partial charge on any atom is -0.0000610 e. The third-order valence-electron chi connectivity index (χ3n) is 3.50. The summed E-state index contributed by atoms with van der Waals surface area (Å²) in [7, 11) is 0. The van der Waals surface area contributed by atoms with Gasteiger partial charge in [-0.15, -0.1) is 6.58 Å². The van der Waals surface area contributed by atoms with Gasteiger partial charge in [-0.1, -0.05) is 73.7 Å². The molecule has 0 saturated heterocycles. The van der Waals surface area contributed by atoms with Gasteiger partial charge in [0.2, 0.25) is 0 Å². The summed E-state index contributed by atoms with van der Waals surface area (Å²) in [6.45, 7) is 6.23. The van der Waals surface area contributed by atoms with Crippen molar-refractivity contribution >= 4 is 0 Å². The van der Waals surface area contributed by atoms with Crippen LogP contribution in [0.4, 0.5) is 0 Å². The highest BCUT2D eigenvalue weighted by Gasteiger charge is 2.25. The first-order valence-corrected chi connectivity index (χ1v) is 6.45. The highest BCUT2D eigenvalue weighted by atomic mass is 14.3. The SMILES string of the molecule is C=CCC(C)(Cc1ccccc1)c1ccccc1. The van der Waals surface area contributed by atoms with E-state index in [9.17, 15) is 0 Å². The second kappa shape index (κ2) is 5.68. The van der Waals surface area contributed by atoms with Gasteiger partial charge < -0.3 is 0 Å². The van der Waals surface area contributed by atoms with Crippen LogP contribution in [-0.2, 0) is 11.8 Å². The zero-order chi connectivity index (χ0) is 12.8. The third kappa shape index (κ3) is 2.89. The first-order valence-electron chi connectivity index (χ1n) is 6.45. The van der Waals surface area contributed by atoms with Crippen molar-refractivity contribution in [3.8, 4) is 0 Å². The van der Waals surface area contributed by atoms with Crippen molar-refractivity contribution < 1.29 is 0 Å². The van der Waals surface area contributed by atoms with Crippen molar-refractivity contribution in [2.75, 3.05) is 0 Å². The van der Waals surface area contributed by atoms with Crippen LogP contribution < -0.4 is 0 Å². The second-order valence-corrected chi connectivity index (χ2v) is 5.08. The summed E-state index contributed by atoms with van der Waals surface area (Å²) in [5, 5.41) is 0. The molecule has 0 aliphatic heterocycles. The van der Waals surface area contributed by atoms with Crippen molar-refractivity contribution in [3.63, 3.8) is 0 Å². The summed E-state index contributed by atoms with van der Waals surface area (Å²) >= 11 is 0. The minimum Gasteiger partial charge on any atom is -0.103 e. The molecule has 0 amide bonds. The molecule has 92 valence electrons. The van der Waals surface area contributed by atoms with E-state index in [-0.39, 0.29) is 5.41 Å². The van der Waals surface area contributed by atoms with Gasteiger partial charge in [0.15, 0.2) is 0 Å². The first-order chi connectivity index (χ1) is 8.74. The lowest BCUT2D eigenvalue weighted by Crippen LogP contribution is -2.24. The molecule has 0 saturated carbocycles. The fraction of sp³-hybridized carbons (Fsp3) is 0.222. The van der Waals surface area contributed by atoms with Gasteiger partial charge in [-0.2, -0.15) is 0 Å². The number of rotatable bonds is 5. The Balaban J connectivity index is 2.30. The highest BCUT2D eigenvalue weighted by molar-refractivity contribution is 5.29. The Morgan fingerprint density at radius 3 is 2.06 bits per heavy atom. The summed E-state index contributed by atoms with van der Waals surface area (Å²) in [6, 6.07) is 21.4. The highest BCUT2D eigenvalue weighted by Crippen LogP contribution is 2.31. The van der Waals surface area contributed by atoms with Gasteiger partial charge in [0.05, 0.1) is 0 Å². The van der Waals surface area contributed by atoms with Crippen LogP contribution in [0, 0.1) is 0 Å². The molecule has 2 aromatic rings. The summed E-state index contributed by atoms with van der Waals surface area (Å²) in [4.78, 5) is 0. The van der Waals surface area contributed by atoms with Crippen molar-refractivity contribution in [2.45, 2.75) is 25.2 Å². The van der Waals surface area contributed by atoms with E-state index in [0.717, 1.165) is 12.8 Å². The molecule has 0 aromatic heterocycles. The molecule has 0 aliphatic carbocycles. The predicted octanol–water partition coefficient (Wildman–Crippen LogP) is 4.76. The molecule has 0 nitrogen and oxygen atoms in total. The molecule has 0 heteroatoms. The van der Waals surface area contributed by atoms with E-state index in [1.54, 1.807) is 0 Å². The van der Waals surface area contributed by atoms with Crippen LogP contribution in [0.1, 0.15) is 24.5 Å². The maximum absolute atomic E-state index is 3.91. The van der Waals surface area contributed by atoms with E-state index in [1.807, 2.05) is 6.08 Å². The third-order valence-corrected chi connectivity index (χ3v) is 3.50. The monoisotopic (exact) mass is 236 g/mol.